The van der Waals surface area contributed by atoms with Gasteiger partial charge in [-0.1, -0.05) is 0 Å². The number of methoxy groups -OCH3 is 1. The highest BCUT2D eigenvalue weighted by molar-refractivity contribution is 7.18. The average molecular weight is 415 g/mol. The zero-order valence-electron chi connectivity index (χ0n) is 15.8. The molecule has 3 amide bonds. The first-order valence-electron chi connectivity index (χ1n) is 8.33. The van der Waals surface area contributed by atoms with Crippen molar-refractivity contribution in [3.8, 4) is 6.07 Å². The third-order valence-corrected chi connectivity index (χ3v) is 4.93. The van der Waals surface area contributed by atoms with Crippen LogP contribution in [0.1, 0.15) is 48.4 Å². The number of carbonyl (C=O) groups excluding carboxylic acids is 4. The van der Waals surface area contributed by atoms with E-state index >= 15 is 0 Å². The number of nitrogens with one attached hydrogen (secondary N) is 2. The maximum absolute atomic E-state index is 12.6. The Morgan fingerprint density at radius 2 is 1.79 bits per heavy atom. The van der Waals surface area contributed by atoms with E-state index in [0.717, 1.165) is 18.4 Å². The fourth-order valence-corrected chi connectivity index (χ4v) is 3.44. The fourth-order valence-electron chi connectivity index (χ4n) is 2.34. The molecule has 2 rings (SSSR count). The van der Waals surface area contributed by atoms with Gasteiger partial charge in [0.15, 0.2) is 0 Å². The molecular formula is C19H17N3O6S. The predicted octanol–water partition coefficient (Wildman–Crippen LogP) is 2.85. The van der Waals surface area contributed by atoms with Crippen molar-refractivity contribution in [2.24, 2.45) is 0 Å². The largest absolute Gasteiger partial charge is 0.462 e. The minimum Gasteiger partial charge on any atom is -0.462 e. The van der Waals surface area contributed by atoms with Crippen molar-refractivity contribution in [3.63, 3.8) is 0 Å². The molecule has 0 saturated carbocycles. The molecule has 0 aliphatic carbocycles. The summed E-state index contributed by atoms with van der Waals surface area (Å²) in [5.41, 5.74) is 0.832. The average Bonchev–Trinajstić information content (AvgIpc) is 3.03. The van der Waals surface area contributed by atoms with Crippen LogP contribution in [0.2, 0.25) is 0 Å². The number of ether oxygens (including phenoxy) is 2. The molecule has 2 N–H and O–H groups in total. The second kappa shape index (κ2) is 9.48. The molecule has 0 atom stereocenters. The molecule has 150 valence electrons. The molecular weight excluding hydrogens is 398 g/mol. The summed E-state index contributed by atoms with van der Waals surface area (Å²) in [6.07, 6.45) is -0.984. The van der Waals surface area contributed by atoms with Crippen molar-refractivity contribution < 1.29 is 28.7 Å². The van der Waals surface area contributed by atoms with Crippen molar-refractivity contribution >= 4 is 40.2 Å². The number of carbonyl (C=O) groups is 4. The molecule has 1 aromatic carbocycles. The van der Waals surface area contributed by atoms with E-state index in [9.17, 15) is 19.2 Å². The third kappa shape index (κ3) is 4.97. The summed E-state index contributed by atoms with van der Waals surface area (Å²) >= 11 is 0.856. The quantitative estimate of drug-likeness (QED) is 0.717. The summed E-state index contributed by atoms with van der Waals surface area (Å²) in [6.45, 7) is 3.28. The molecule has 9 nitrogen and oxygen atoms in total. The van der Waals surface area contributed by atoms with Crippen molar-refractivity contribution in [1.82, 2.24) is 5.32 Å². The number of nitriles is 1. The molecule has 2 aromatic rings. The first-order chi connectivity index (χ1) is 13.8. The van der Waals surface area contributed by atoms with Crippen molar-refractivity contribution in [2.45, 2.75) is 13.8 Å². The van der Waals surface area contributed by atoms with Gasteiger partial charge in [0.1, 0.15) is 9.88 Å². The standard InChI is InChI=1S/C19H17N3O6S/c1-4-28-18(25)14-10(2)13(16(24)22-19(26)27-3)17(29-14)21-15(23)12-7-5-11(9-20)6-8-12/h5-8H,4H2,1-3H3,(H,21,23)(H,22,24,26). The van der Waals surface area contributed by atoms with E-state index in [0.29, 0.717) is 5.56 Å². The molecule has 0 radical (unpaired) electrons. The summed E-state index contributed by atoms with van der Waals surface area (Å²) in [4.78, 5) is 48.8. The van der Waals surface area contributed by atoms with Gasteiger partial charge in [-0.25, -0.2) is 9.59 Å². The van der Waals surface area contributed by atoms with E-state index < -0.39 is 23.9 Å². The Kier molecular flexibility index (Phi) is 7.05. The Morgan fingerprint density at radius 1 is 1.14 bits per heavy atom. The van der Waals surface area contributed by atoms with Gasteiger partial charge < -0.3 is 14.8 Å². The topological polar surface area (TPSA) is 135 Å². The first-order valence-corrected chi connectivity index (χ1v) is 9.15. The number of nitrogens with zero attached hydrogens (tertiary/aromatic N) is 1. The maximum atomic E-state index is 12.6. The SMILES string of the molecule is CCOC(=O)c1sc(NC(=O)c2ccc(C#N)cc2)c(C(=O)NC(=O)OC)c1C. The van der Waals surface area contributed by atoms with Gasteiger partial charge in [-0.05, 0) is 43.7 Å². The van der Waals surface area contributed by atoms with E-state index in [1.807, 2.05) is 11.4 Å². The lowest BCUT2D eigenvalue weighted by Gasteiger charge is -2.07. The number of imide groups is 1. The number of hydrogen-bond donors (Lipinski definition) is 2. The van der Waals surface area contributed by atoms with Gasteiger partial charge in [0, 0.05) is 5.56 Å². The highest BCUT2D eigenvalue weighted by atomic mass is 32.1. The van der Waals surface area contributed by atoms with Crippen LogP contribution >= 0.6 is 11.3 Å². The summed E-state index contributed by atoms with van der Waals surface area (Å²) in [5.74, 6) is -2.05. The third-order valence-electron chi connectivity index (χ3n) is 3.74. The monoisotopic (exact) mass is 415 g/mol. The number of hydrogen-bond acceptors (Lipinski definition) is 8. The van der Waals surface area contributed by atoms with Crippen molar-refractivity contribution in [3.05, 3.63) is 51.4 Å². The van der Waals surface area contributed by atoms with E-state index in [4.69, 9.17) is 10.00 Å². The molecule has 1 aromatic heterocycles. The number of rotatable bonds is 5. The first kappa shape index (κ1) is 21.6. The van der Waals surface area contributed by atoms with Gasteiger partial charge in [-0.2, -0.15) is 5.26 Å². The zero-order valence-corrected chi connectivity index (χ0v) is 16.6. The van der Waals surface area contributed by atoms with Crippen LogP contribution in [0.25, 0.3) is 0 Å². The molecule has 0 aliphatic rings. The number of alkyl carbamates (subject to hydrolysis) is 1. The van der Waals surface area contributed by atoms with Crippen molar-refractivity contribution in [2.75, 3.05) is 19.0 Å². The highest BCUT2D eigenvalue weighted by Gasteiger charge is 2.27. The summed E-state index contributed by atoms with van der Waals surface area (Å²) in [5, 5.41) is 13.5. The minimum absolute atomic E-state index is 0.0505. The van der Waals surface area contributed by atoms with Crippen LogP contribution in [-0.4, -0.2) is 37.6 Å². The van der Waals surface area contributed by atoms with Crippen LogP contribution in [-0.2, 0) is 9.47 Å². The van der Waals surface area contributed by atoms with Gasteiger partial charge >= 0.3 is 12.1 Å². The molecule has 1 heterocycles. The number of amides is 3. The van der Waals surface area contributed by atoms with Crippen LogP contribution < -0.4 is 10.6 Å². The lowest BCUT2D eigenvalue weighted by Crippen LogP contribution is -2.31. The number of esters is 1. The molecule has 0 saturated heterocycles. The Hall–Kier alpha value is -3.71. The summed E-state index contributed by atoms with van der Waals surface area (Å²) in [6, 6.07) is 7.81. The normalized spacial score (nSPS) is 9.86. The van der Waals surface area contributed by atoms with Gasteiger partial charge in [0.05, 0.1) is 30.9 Å². The Balaban J connectivity index is 2.41. The highest BCUT2D eigenvalue weighted by Crippen LogP contribution is 2.34. The Labute approximate surface area is 170 Å². The van der Waals surface area contributed by atoms with Gasteiger partial charge in [0.2, 0.25) is 0 Å². The van der Waals surface area contributed by atoms with E-state index in [1.54, 1.807) is 6.92 Å². The molecule has 10 heteroatoms. The summed E-state index contributed by atoms with van der Waals surface area (Å²) < 4.78 is 9.39. The van der Waals surface area contributed by atoms with E-state index in [-0.39, 0.29) is 33.2 Å². The molecule has 0 fully saturated rings. The van der Waals surface area contributed by atoms with E-state index in [2.05, 4.69) is 10.1 Å². The second-order valence-electron chi connectivity index (χ2n) is 5.57. The van der Waals surface area contributed by atoms with Gasteiger partial charge in [0.25, 0.3) is 11.8 Å². The number of anilines is 1. The van der Waals surface area contributed by atoms with Gasteiger partial charge in [-0.3, -0.25) is 14.9 Å². The van der Waals surface area contributed by atoms with Crippen molar-refractivity contribution in [1.29, 1.82) is 5.26 Å². The maximum Gasteiger partial charge on any atom is 0.413 e. The molecule has 0 bridgehead atoms. The molecule has 0 spiro atoms. The smallest absolute Gasteiger partial charge is 0.413 e. The minimum atomic E-state index is -0.984. The van der Waals surface area contributed by atoms with Crippen LogP contribution in [0.3, 0.4) is 0 Å². The zero-order chi connectivity index (χ0) is 21.6. The van der Waals surface area contributed by atoms with Gasteiger partial charge in [-0.15, -0.1) is 11.3 Å². The van der Waals surface area contributed by atoms with Crippen LogP contribution in [0.5, 0.6) is 0 Å². The summed E-state index contributed by atoms with van der Waals surface area (Å²) in [7, 11) is 1.10. The van der Waals surface area contributed by atoms with Crippen LogP contribution in [0.15, 0.2) is 24.3 Å². The second-order valence-corrected chi connectivity index (χ2v) is 6.59. The number of thiophene rings is 1. The number of benzene rings is 1. The lowest BCUT2D eigenvalue weighted by molar-refractivity contribution is 0.0531. The Bertz CT molecular complexity index is 1000. The molecule has 0 unspecified atom stereocenters. The molecule has 29 heavy (non-hydrogen) atoms. The Morgan fingerprint density at radius 3 is 2.34 bits per heavy atom. The van der Waals surface area contributed by atoms with Crippen LogP contribution in [0.4, 0.5) is 9.80 Å². The predicted molar refractivity (Wildman–Crippen MR) is 104 cm³/mol. The van der Waals surface area contributed by atoms with E-state index in [1.165, 1.54) is 31.2 Å². The fraction of sp³-hybridized carbons (Fsp3) is 0.211. The lowest BCUT2D eigenvalue weighted by atomic mass is 10.1. The van der Waals surface area contributed by atoms with Crippen LogP contribution in [0, 0.1) is 18.3 Å². The molecule has 0 aliphatic heterocycles.